The van der Waals surface area contributed by atoms with Gasteiger partial charge in [-0.05, 0) is 23.5 Å². The van der Waals surface area contributed by atoms with Crippen molar-refractivity contribution < 1.29 is 19.2 Å². The van der Waals surface area contributed by atoms with Crippen molar-refractivity contribution in [1.82, 2.24) is 15.1 Å². The highest BCUT2D eigenvalue weighted by atomic mass is 16.2. The van der Waals surface area contributed by atoms with Gasteiger partial charge in [-0.15, -0.1) is 0 Å². The molecule has 3 rings (SSSR count). The lowest BCUT2D eigenvalue weighted by atomic mass is 9.95. The van der Waals surface area contributed by atoms with Crippen LogP contribution in [0, 0.1) is 11.8 Å². The zero-order valence-electron chi connectivity index (χ0n) is 20.7. The minimum Gasteiger partial charge on any atom is -0.345 e. The van der Waals surface area contributed by atoms with Crippen LogP contribution in [0.15, 0.2) is 66.9 Å². The summed E-state index contributed by atoms with van der Waals surface area (Å²) in [6.45, 7) is 7.10. The molecule has 1 aliphatic rings. The molecule has 0 radical (unpaired) electrons. The number of nitrogens with one attached hydrogen (secondary N) is 1. The van der Waals surface area contributed by atoms with Crippen LogP contribution in [0.5, 0.6) is 0 Å². The highest BCUT2D eigenvalue weighted by molar-refractivity contribution is 6.00. The number of hydrogen-bond donors (Lipinski definition) is 1. The zero-order valence-corrected chi connectivity index (χ0v) is 20.7. The average Bonchev–Trinajstić information content (AvgIpc) is 2.84. The van der Waals surface area contributed by atoms with Crippen molar-refractivity contribution >= 4 is 29.7 Å². The molecule has 1 heterocycles. The smallest absolute Gasteiger partial charge is 0.250 e. The summed E-state index contributed by atoms with van der Waals surface area (Å²) in [7, 11) is 0. The summed E-state index contributed by atoms with van der Waals surface area (Å²) >= 11 is 0. The van der Waals surface area contributed by atoms with Crippen LogP contribution in [0.2, 0.25) is 0 Å². The molecular formula is C28H33N3O4. The molecule has 0 bridgehead atoms. The molecule has 0 aliphatic carbocycles. The lowest BCUT2D eigenvalue weighted by Crippen LogP contribution is -2.57. The maximum Gasteiger partial charge on any atom is 0.250 e. The van der Waals surface area contributed by atoms with Gasteiger partial charge in [0.1, 0.15) is 18.9 Å². The van der Waals surface area contributed by atoms with Crippen molar-refractivity contribution in [1.29, 1.82) is 0 Å². The molecule has 0 saturated carbocycles. The van der Waals surface area contributed by atoms with Crippen LogP contribution in [0.3, 0.4) is 0 Å². The van der Waals surface area contributed by atoms with Gasteiger partial charge in [-0.2, -0.15) is 0 Å². The van der Waals surface area contributed by atoms with Crippen LogP contribution in [-0.4, -0.2) is 52.4 Å². The number of carbonyl (C=O) groups is 4. The van der Waals surface area contributed by atoms with Gasteiger partial charge in [-0.1, -0.05) is 88.4 Å². The third-order valence-corrected chi connectivity index (χ3v) is 5.93. The molecule has 2 atom stereocenters. The van der Waals surface area contributed by atoms with Crippen LogP contribution in [0.4, 0.5) is 0 Å². The van der Waals surface area contributed by atoms with Gasteiger partial charge in [0.15, 0.2) is 0 Å². The first-order valence-electron chi connectivity index (χ1n) is 11.9. The predicted octanol–water partition coefficient (Wildman–Crippen LogP) is 3.26. The molecule has 184 valence electrons. The first-order valence-corrected chi connectivity index (χ1v) is 11.9. The van der Waals surface area contributed by atoms with Gasteiger partial charge >= 0.3 is 0 Å². The normalized spacial score (nSPS) is 16.8. The SMILES string of the molecule is CC(C)C(=O)N1C=C(c2ccccc2)N(CC(=O)N[C@H](C=O)Cc2ccccc2)C(=O)[C@H]1C(C)C. The van der Waals surface area contributed by atoms with E-state index in [1.54, 1.807) is 20.0 Å². The molecule has 2 aromatic rings. The Labute approximate surface area is 206 Å². The number of rotatable bonds is 9. The molecule has 35 heavy (non-hydrogen) atoms. The molecule has 0 unspecified atom stereocenters. The van der Waals surface area contributed by atoms with Gasteiger partial charge in [0.05, 0.1) is 11.7 Å². The first-order chi connectivity index (χ1) is 16.7. The molecule has 2 aromatic carbocycles. The highest BCUT2D eigenvalue weighted by Crippen LogP contribution is 2.30. The maximum atomic E-state index is 13.7. The van der Waals surface area contributed by atoms with Crippen molar-refractivity contribution in [2.45, 2.75) is 46.2 Å². The Kier molecular flexibility index (Phi) is 8.58. The first kappa shape index (κ1) is 25.9. The topological polar surface area (TPSA) is 86.8 Å². The number of aldehydes is 1. The van der Waals surface area contributed by atoms with Crippen LogP contribution in [0.25, 0.3) is 5.70 Å². The molecule has 1 N–H and O–H groups in total. The molecule has 0 fully saturated rings. The molecule has 0 aromatic heterocycles. The van der Waals surface area contributed by atoms with Crippen molar-refractivity contribution in [2.75, 3.05) is 6.54 Å². The summed E-state index contributed by atoms with van der Waals surface area (Å²) in [4.78, 5) is 54.3. The Morgan fingerprint density at radius 3 is 2.11 bits per heavy atom. The van der Waals surface area contributed by atoms with E-state index in [1.807, 2.05) is 74.5 Å². The van der Waals surface area contributed by atoms with Crippen LogP contribution in [0.1, 0.15) is 38.8 Å². The summed E-state index contributed by atoms with van der Waals surface area (Å²) in [5, 5.41) is 2.74. The quantitative estimate of drug-likeness (QED) is 0.564. The second kappa shape index (κ2) is 11.6. The maximum absolute atomic E-state index is 13.7. The summed E-state index contributed by atoms with van der Waals surface area (Å²) in [6, 6.07) is 17.2. The monoisotopic (exact) mass is 475 g/mol. The Morgan fingerprint density at radius 2 is 1.57 bits per heavy atom. The third-order valence-electron chi connectivity index (χ3n) is 5.93. The fourth-order valence-electron chi connectivity index (χ4n) is 4.18. The fraction of sp³-hybridized carbons (Fsp3) is 0.357. The summed E-state index contributed by atoms with van der Waals surface area (Å²) < 4.78 is 0. The van der Waals surface area contributed by atoms with Gasteiger partial charge in [-0.25, -0.2) is 0 Å². The number of nitrogens with zero attached hydrogens (tertiary/aromatic N) is 2. The van der Waals surface area contributed by atoms with Gasteiger partial charge in [0.2, 0.25) is 11.8 Å². The largest absolute Gasteiger partial charge is 0.345 e. The van der Waals surface area contributed by atoms with Crippen LogP contribution < -0.4 is 5.32 Å². The predicted molar refractivity (Wildman–Crippen MR) is 135 cm³/mol. The fourth-order valence-corrected chi connectivity index (χ4v) is 4.18. The molecule has 1 aliphatic heterocycles. The Bertz CT molecular complexity index is 1080. The molecule has 3 amide bonds. The number of carbonyl (C=O) groups excluding carboxylic acids is 4. The molecule has 0 spiro atoms. The van der Waals surface area contributed by atoms with Gasteiger partial charge in [0, 0.05) is 12.1 Å². The Hall–Kier alpha value is -3.74. The van der Waals surface area contributed by atoms with Gasteiger partial charge in [-0.3, -0.25) is 19.3 Å². The van der Waals surface area contributed by atoms with Crippen molar-refractivity contribution in [3.63, 3.8) is 0 Å². The van der Waals surface area contributed by atoms with E-state index >= 15 is 0 Å². The Morgan fingerprint density at radius 1 is 0.971 bits per heavy atom. The lowest BCUT2D eigenvalue weighted by molar-refractivity contribution is -0.147. The Balaban J connectivity index is 1.91. The number of benzene rings is 2. The minimum absolute atomic E-state index is 0.154. The third kappa shape index (κ3) is 6.23. The second-order valence-corrected chi connectivity index (χ2v) is 9.39. The molecule has 7 nitrogen and oxygen atoms in total. The molecule has 0 saturated heterocycles. The van der Waals surface area contributed by atoms with E-state index in [9.17, 15) is 19.2 Å². The molecule has 7 heteroatoms. The summed E-state index contributed by atoms with van der Waals surface area (Å²) in [5.74, 6) is -1.38. The number of hydrogen-bond acceptors (Lipinski definition) is 4. The van der Waals surface area contributed by atoms with E-state index in [0.717, 1.165) is 5.56 Å². The number of amides is 3. The second-order valence-electron chi connectivity index (χ2n) is 9.39. The van der Waals surface area contributed by atoms with E-state index in [0.29, 0.717) is 24.0 Å². The van der Waals surface area contributed by atoms with Crippen molar-refractivity contribution in [3.05, 3.63) is 78.0 Å². The standard InChI is InChI=1S/C28H33N3O4/c1-19(2)26-28(35)30(17-25(33)29-23(18-32)15-21-11-7-5-8-12-21)24(22-13-9-6-10-14-22)16-31(26)27(34)20(3)4/h5-14,16,18-20,23,26H,15,17H2,1-4H3,(H,29,33)/t23-,26+/m0/s1. The summed E-state index contributed by atoms with van der Waals surface area (Å²) in [5.41, 5.74) is 2.11. The van der Waals surface area contributed by atoms with Gasteiger partial charge in [0.25, 0.3) is 5.91 Å². The van der Waals surface area contributed by atoms with E-state index in [-0.39, 0.29) is 30.2 Å². The summed E-state index contributed by atoms with van der Waals surface area (Å²) in [6.07, 6.45) is 2.74. The van der Waals surface area contributed by atoms with E-state index in [1.165, 1.54) is 9.80 Å². The average molecular weight is 476 g/mol. The van der Waals surface area contributed by atoms with Crippen LogP contribution >= 0.6 is 0 Å². The van der Waals surface area contributed by atoms with Gasteiger partial charge < -0.3 is 15.0 Å². The van der Waals surface area contributed by atoms with Crippen molar-refractivity contribution in [2.24, 2.45) is 11.8 Å². The zero-order chi connectivity index (χ0) is 25.5. The van der Waals surface area contributed by atoms with Crippen molar-refractivity contribution in [3.8, 4) is 0 Å². The highest BCUT2D eigenvalue weighted by Gasteiger charge is 2.41. The van der Waals surface area contributed by atoms with E-state index < -0.39 is 18.0 Å². The van der Waals surface area contributed by atoms with Crippen LogP contribution in [-0.2, 0) is 25.6 Å². The van der Waals surface area contributed by atoms with E-state index in [4.69, 9.17) is 0 Å². The molecular weight excluding hydrogens is 442 g/mol. The lowest BCUT2D eigenvalue weighted by Gasteiger charge is -2.41. The van der Waals surface area contributed by atoms with E-state index in [2.05, 4.69) is 5.32 Å². The minimum atomic E-state index is -0.726.